The van der Waals surface area contributed by atoms with Gasteiger partial charge in [-0.05, 0) is 30.0 Å². The average Bonchev–Trinajstić information content (AvgIpc) is 1.85. The Hall–Kier alpha value is 1.54. The molecule has 0 aliphatic rings. The van der Waals surface area contributed by atoms with Gasteiger partial charge in [-0.1, -0.05) is 26.0 Å². The van der Waals surface area contributed by atoms with E-state index in [9.17, 15) is 5.11 Å². The van der Waals surface area contributed by atoms with Gasteiger partial charge in [0, 0.05) is 0 Å². The van der Waals surface area contributed by atoms with Gasteiger partial charge in [-0.3, -0.25) is 0 Å². The van der Waals surface area contributed by atoms with Gasteiger partial charge in [0.25, 0.3) is 0 Å². The maximum Gasteiger partial charge on any atom is 2.00 e. The second-order valence-electron chi connectivity index (χ2n) is 3.22. The second-order valence-corrected chi connectivity index (χ2v) is 3.22. The first-order valence-corrected chi connectivity index (χ1v) is 3.91. The Labute approximate surface area is 140 Å². The Morgan fingerprint density at radius 3 is 2.08 bits per heavy atom. The zero-order chi connectivity index (χ0) is 8.43. The summed E-state index contributed by atoms with van der Waals surface area (Å²) < 4.78 is 0. The normalized spacial score (nSPS) is 8.92. The topological polar surface area (TPSA) is 20.2 Å². The number of phenols is 1. The minimum Gasteiger partial charge on any atom is -0.508 e. The SMILES string of the molecule is Cc1ccc(C(C)C)c(O)c1.[Ca+2].[Ca+2]. The average molecular weight is 230 g/mol. The summed E-state index contributed by atoms with van der Waals surface area (Å²) in [5.41, 5.74) is 2.13. The number of aromatic hydroxyl groups is 1. The largest absolute Gasteiger partial charge is 2.00 e. The van der Waals surface area contributed by atoms with Crippen molar-refractivity contribution in [2.24, 2.45) is 0 Å². The molecular weight excluding hydrogens is 216 g/mol. The van der Waals surface area contributed by atoms with Crippen LogP contribution in [0.1, 0.15) is 30.9 Å². The first-order valence-electron chi connectivity index (χ1n) is 3.91. The zero-order valence-electron chi connectivity index (χ0n) is 8.67. The van der Waals surface area contributed by atoms with Crippen LogP contribution in [0.5, 0.6) is 5.75 Å². The van der Waals surface area contributed by atoms with Crippen molar-refractivity contribution in [1.29, 1.82) is 0 Å². The van der Waals surface area contributed by atoms with Crippen LogP contribution in [-0.4, -0.2) is 80.6 Å². The molecular formula is C10H14Ca2O+4. The van der Waals surface area contributed by atoms with Crippen molar-refractivity contribution < 1.29 is 5.11 Å². The van der Waals surface area contributed by atoms with Crippen molar-refractivity contribution in [2.75, 3.05) is 0 Å². The van der Waals surface area contributed by atoms with E-state index < -0.39 is 0 Å². The summed E-state index contributed by atoms with van der Waals surface area (Å²) in [5.74, 6) is 0.815. The number of benzene rings is 1. The van der Waals surface area contributed by atoms with Crippen molar-refractivity contribution in [3.8, 4) is 5.75 Å². The van der Waals surface area contributed by atoms with Gasteiger partial charge in [-0.25, -0.2) is 0 Å². The molecule has 0 fully saturated rings. The summed E-state index contributed by atoms with van der Waals surface area (Å²) in [5, 5.41) is 9.46. The van der Waals surface area contributed by atoms with Crippen LogP contribution in [0, 0.1) is 6.92 Å². The standard InChI is InChI=1S/C10H14O.2Ca/c1-7(2)9-5-4-8(3)6-10(9)11;;/h4-7,11H,1-3H3;;/q;2*+2. The Kier molecular flexibility index (Phi) is 10.1. The van der Waals surface area contributed by atoms with E-state index in [0.29, 0.717) is 11.7 Å². The molecule has 1 N–H and O–H groups in total. The monoisotopic (exact) mass is 230 g/mol. The van der Waals surface area contributed by atoms with Gasteiger partial charge in [-0.15, -0.1) is 0 Å². The molecule has 3 heteroatoms. The summed E-state index contributed by atoms with van der Waals surface area (Å²) in [6, 6.07) is 5.81. The smallest absolute Gasteiger partial charge is 0.508 e. The first-order chi connectivity index (χ1) is 5.11. The molecule has 13 heavy (non-hydrogen) atoms. The first kappa shape index (κ1) is 17.0. The van der Waals surface area contributed by atoms with E-state index in [1.807, 2.05) is 19.1 Å². The van der Waals surface area contributed by atoms with E-state index in [1.165, 1.54) is 0 Å². The van der Waals surface area contributed by atoms with Crippen molar-refractivity contribution in [2.45, 2.75) is 26.7 Å². The molecule has 0 aliphatic carbocycles. The molecule has 0 aromatic heterocycles. The minimum atomic E-state index is 0. The fraction of sp³-hybridized carbons (Fsp3) is 0.400. The van der Waals surface area contributed by atoms with Crippen LogP contribution in [0.4, 0.5) is 0 Å². The van der Waals surface area contributed by atoms with Gasteiger partial charge < -0.3 is 5.11 Å². The van der Waals surface area contributed by atoms with Gasteiger partial charge in [0.2, 0.25) is 0 Å². The molecule has 0 unspecified atom stereocenters. The van der Waals surface area contributed by atoms with Gasteiger partial charge in [0.15, 0.2) is 0 Å². The van der Waals surface area contributed by atoms with E-state index in [4.69, 9.17) is 0 Å². The van der Waals surface area contributed by atoms with Crippen LogP contribution in [-0.2, 0) is 0 Å². The molecule has 0 spiro atoms. The minimum absolute atomic E-state index is 0. The maximum atomic E-state index is 9.46. The Morgan fingerprint density at radius 2 is 1.69 bits per heavy atom. The summed E-state index contributed by atoms with van der Waals surface area (Å²) in [6.07, 6.45) is 0. The molecule has 0 saturated heterocycles. The summed E-state index contributed by atoms with van der Waals surface area (Å²) in [6.45, 7) is 6.12. The third-order valence-corrected chi connectivity index (χ3v) is 1.81. The Morgan fingerprint density at radius 1 is 1.15 bits per heavy atom. The molecule has 60 valence electrons. The molecule has 0 heterocycles. The number of aryl methyl sites for hydroxylation is 1. The summed E-state index contributed by atoms with van der Waals surface area (Å²) in [7, 11) is 0. The van der Waals surface area contributed by atoms with Crippen LogP contribution < -0.4 is 0 Å². The summed E-state index contributed by atoms with van der Waals surface area (Å²) in [4.78, 5) is 0. The molecule has 0 saturated carbocycles. The fourth-order valence-corrected chi connectivity index (χ4v) is 1.14. The third-order valence-electron chi connectivity index (χ3n) is 1.81. The molecule has 0 amide bonds. The van der Waals surface area contributed by atoms with Crippen LogP contribution in [0.15, 0.2) is 18.2 Å². The molecule has 1 aromatic rings. The molecule has 1 nitrogen and oxygen atoms in total. The van der Waals surface area contributed by atoms with Crippen molar-refractivity contribution in [3.05, 3.63) is 29.3 Å². The Bertz CT molecular complexity index is 259. The van der Waals surface area contributed by atoms with Crippen molar-refractivity contribution >= 4 is 75.5 Å². The predicted octanol–water partition coefficient (Wildman–Crippen LogP) is 2.06. The molecule has 1 rings (SSSR count). The van der Waals surface area contributed by atoms with E-state index in [1.54, 1.807) is 6.07 Å². The quantitative estimate of drug-likeness (QED) is 0.732. The number of rotatable bonds is 1. The van der Waals surface area contributed by atoms with Gasteiger partial charge in [0.1, 0.15) is 5.75 Å². The molecule has 0 aliphatic heterocycles. The predicted molar refractivity (Wildman–Crippen MR) is 58.4 cm³/mol. The number of phenolic OH excluding ortho intramolecular Hbond substituents is 1. The number of hydrogen-bond acceptors (Lipinski definition) is 1. The van der Waals surface area contributed by atoms with E-state index in [-0.39, 0.29) is 75.5 Å². The Balaban J connectivity index is 0. The van der Waals surface area contributed by atoms with E-state index in [2.05, 4.69) is 13.8 Å². The van der Waals surface area contributed by atoms with Crippen molar-refractivity contribution in [3.63, 3.8) is 0 Å². The van der Waals surface area contributed by atoms with Crippen LogP contribution in [0.25, 0.3) is 0 Å². The van der Waals surface area contributed by atoms with Gasteiger partial charge in [-0.2, -0.15) is 0 Å². The van der Waals surface area contributed by atoms with Crippen LogP contribution in [0.3, 0.4) is 0 Å². The van der Waals surface area contributed by atoms with Crippen LogP contribution >= 0.6 is 0 Å². The molecule has 0 bridgehead atoms. The summed E-state index contributed by atoms with van der Waals surface area (Å²) >= 11 is 0. The van der Waals surface area contributed by atoms with Gasteiger partial charge >= 0.3 is 75.5 Å². The molecule has 0 atom stereocenters. The second kappa shape index (κ2) is 7.78. The van der Waals surface area contributed by atoms with E-state index >= 15 is 0 Å². The van der Waals surface area contributed by atoms with E-state index in [0.717, 1.165) is 11.1 Å². The fourth-order valence-electron chi connectivity index (χ4n) is 1.14. The van der Waals surface area contributed by atoms with Crippen molar-refractivity contribution in [1.82, 2.24) is 0 Å². The van der Waals surface area contributed by atoms with Crippen LogP contribution in [0.2, 0.25) is 0 Å². The number of hydrogen-bond donors (Lipinski definition) is 1. The maximum absolute atomic E-state index is 9.46. The molecule has 0 radical (unpaired) electrons. The molecule has 1 aromatic carbocycles. The van der Waals surface area contributed by atoms with Gasteiger partial charge in [0.05, 0.1) is 0 Å². The zero-order valence-corrected chi connectivity index (χ0v) is 13.1. The third kappa shape index (κ3) is 5.25.